The Bertz CT molecular complexity index is 1090. The van der Waals surface area contributed by atoms with Gasteiger partial charge in [-0.25, -0.2) is 0 Å². The molecule has 0 spiro atoms. The predicted octanol–water partition coefficient (Wildman–Crippen LogP) is 4.11. The molecule has 1 aliphatic heterocycles. The molecule has 2 heterocycles. The van der Waals surface area contributed by atoms with Crippen molar-refractivity contribution in [2.75, 3.05) is 5.32 Å². The number of hydrogen-bond donors (Lipinski definition) is 1. The van der Waals surface area contributed by atoms with Crippen LogP contribution in [0, 0.1) is 0 Å². The highest BCUT2D eigenvalue weighted by atomic mass is 16.6. The third kappa shape index (κ3) is 4.67. The zero-order chi connectivity index (χ0) is 20.8. The second kappa shape index (κ2) is 8.96. The van der Waals surface area contributed by atoms with E-state index in [1.165, 1.54) is 6.08 Å². The van der Waals surface area contributed by atoms with Gasteiger partial charge in [0, 0.05) is 35.6 Å². The molecule has 1 unspecified atom stereocenters. The molecule has 0 aliphatic carbocycles. The molecular formula is C24H19N3O3. The smallest absolute Gasteiger partial charge is 0.268 e. The van der Waals surface area contributed by atoms with Gasteiger partial charge in [0.05, 0.1) is 5.71 Å². The summed E-state index contributed by atoms with van der Waals surface area (Å²) < 4.78 is 0. The number of carbonyl (C=O) groups is 2. The molecule has 0 saturated carbocycles. The fourth-order valence-corrected chi connectivity index (χ4v) is 2.99. The number of benzene rings is 2. The van der Waals surface area contributed by atoms with E-state index in [2.05, 4.69) is 15.5 Å². The number of aromatic nitrogens is 1. The van der Waals surface area contributed by atoms with E-state index >= 15 is 0 Å². The van der Waals surface area contributed by atoms with Crippen LogP contribution < -0.4 is 5.32 Å². The van der Waals surface area contributed by atoms with Crippen LogP contribution in [0.2, 0.25) is 0 Å². The van der Waals surface area contributed by atoms with Crippen molar-refractivity contribution < 1.29 is 14.4 Å². The van der Waals surface area contributed by atoms with Gasteiger partial charge in [-0.1, -0.05) is 41.6 Å². The van der Waals surface area contributed by atoms with Crippen LogP contribution in [0.4, 0.5) is 5.69 Å². The molecule has 6 nitrogen and oxygen atoms in total. The standard InChI is InChI=1S/C24H19N3O3/c28-22(13-8-17-5-2-1-3-6-17)18-9-11-20(12-10-18)26-24(29)23-15-21(27-30-23)19-7-4-14-25-16-19/h1-14,16,23H,15H2,(H,26,29)/b13-8+. The minimum atomic E-state index is -0.699. The van der Waals surface area contributed by atoms with E-state index in [0.717, 1.165) is 11.1 Å². The van der Waals surface area contributed by atoms with Crippen LogP contribution in [0.3, 0.4) is 0 Å². The molecule has 3 aromatic rings. The van der Waals surface area contributed by atoms with Gasteiger partial charge >= 0.3 is 0 Å². The molecule has 0 bridgehead atoms. The third-order valence-electron chi connectivity index (χ3n) is 4.62. The van der Waals surface area contributed by atoms with Gasteiger partial charge in [0.2, 0.25) is 6.10 Å². The normalized spacial score (nSPS) is 15.5. The molecule has 1 N–H and O–H groups in total. The molecule has 6 heteroatoms. The lowest BCUT2D eigenvalue weighted by Gasteiger charge is -2.09. The number of anilines is 1. The van der Waals surface area contributed by atoms with E-state index in [4.69, 9.17) is 4.84 Å². The summed E-state index contributed by atoms with van der Waals surface area (Å²) in [6.07, 6.45) is 6.34. The van der Waals surface area contributed by atoms with Gasteiger partial charge in [0.1, 0.15) is 0 Å². The molecule has 0 radical (unpaired) electrons. The van der Waals surface area contributed by atoms with Crippen molar-refractivity contribution in [3.8, 4) is 0 Å². The Balaban J connectivity index is 1.33. The van der Waals surface area contributed by atoms with Crippen LogP contribution in [0.15, 0.2) is 90.4 Å². The first kappa shape index (κ1) is 19.3. The van der Waals surface area contributed by atoms with E-state index in [0.29, 0.717) is 23.4 Å². The maximum atomic E-state index is 12.5. The summed E-state index contributed by atoms with van der Waals surface area (Å²) in [6, 6.07) is 20.0. The topological polar surface area (TPSA) is 80.7 Å². The molecule has 1 atom stereocenters. The molecule has 1 aromatic heterocycles. The summed E-state index contributed by atoms with van der Waals surface area (Å²) in [5.74, 6) is -0.397. The van der Waals surface area contributed by atoms with Gasteiger partial charge in [-0.3, -0.25) is 14.6 Å². The molecule has 30 heavy (non-hydrogen) atoms. The van der Waals surface area contributed by atoms with Crippen molar-refractivity contribution in [3.63, 3.8) is 0 Å². The van der Waals surface area contributed by atoms with Gasteiger partial charge in [0.15, 0.2) is 5.78 Å². The lowest BCUT2D eigenvalue weighted by Crippen LogP contribution is -2.28. The van der Waals surface area contributed by atoms with E-state index in [1.54, 1.807) is 42.7 Å². The average Bonchev–Trinajstić information content (AvgIpc) is 3.30. The molecule has 148 valence electrons. The lowest BCUT2D eigenvalue weighted by molar-refractivity contribution is -0.125. The number of oxime groups is 1. The number of nitrogens with one attached hydrogen (secondary N) is 1. The predicted molar refractivity (Wildman–Crippen MR) is 115 cm³/mol. The Kier molecular flexibility index (Phi) is 5.75. The van der Waals surface area contributed by atoms with Crippen molar-refractivity contribution >= 4 is 29.2 Å². The van der Waals surface area contributed by atoms with Gasteiger partial charge in [-0.2, -0.15) is 0 Å². The summed E-state index contributed by atoms with van der Waals surface area (Å²) >= 11 is 0. The maximum Gasteiger partial charge on any atom is 0.268 e. The summed E-state index contributed by atoms with van der Waals surface area (Å²) in [5, 5.41) is 6.79. The van der Waals surface area contributed by atoms with Crippen LogP contribution in [0.1, 0.15) is 27.9 Å². The Morgan fingerprint density at radius 3 is 2.53 bits per heavy atom. The van der Waals surface area contributed by atoms with Crippen molar-refractivity contribution in [2.24, 2.45) is 5.16 Å². The Morgan fingerprint density at radius 2 is 1.80 bits per heavy atom. The summed E-state index contributed by atoms with van der Waals surface area (Å²) in [7, 11) is 0. The van der Waals surface area contributed by atoms with Crippen molar-refractivity contribution in [2.45, 2.75) is 12.5 Å². The van der Waals surface area contributed by atoms with Gasteiger partial charge in [-0.15, -0.1) is 0 Å². The first-order valence-corrected chi connectivity index (χ1v) is 9.50. The molecule has 4 rings (SSSR count). The highest BCUT2D eigenvalue weighted by Gasteiger charge is 2.29. The monoisotopic (exact) mass is 397 g/mol. The van der Waals surface area contributed by atoms with Gasteiger partial charge in [0.25, 0.3) is 5.91 Å². The number of ketones is 1. The summed E-state index contributed by atoms with van der Waals surface area (Å²) in [4.78, 5) is 34.1. The first-order chi connectivity index (χ1) is 14.7. The molecule has 2 aromatic carbocycles. The number of pyridine rings is 1. The fourth-order valence-electron chi connectivity index (χ4n) is 2.99. The fraction of sp³-hybridized carbons (Fsp3) is 0.0833. The highest BCUT2D eigenvalue weighted by molar-refractivity contribution is 6.08. The zero-order valence-corrected chi connectivity index (χ0v) is 16.1. The van der Waals surface area contributed by atoms with Crippen LogP contribution in [0.5, 0.6) is 0 Å². The van der Waals surface area contributed by atoms with Gasteiger partial charge < -0.3 is 10.2 Å². The molecule has 1 amide bonds. The summed E-state index contributed by atoms with van der Waals surface area (Å²) in [5.41, 5.74) is 3.61. The van der Waals surface area contributed by atoms with Crippen molar-refractivity contribution in [1.29, 1.82) is 0 Å². The molecule has 0 saturated heterocycles. The second-order valence-corrected chi connectivity index (χ2v) is 6.75. The largest absolute Gasteiger partial charge is 0.382 e. The summed E-state index contributed by atoms with van der Waals surface area (Å²) in [6.45, 7) is 0. The first-order valence-electron chi connectivity index (χ1n) is 9.50. The van der Waals surface area contributed by atoms with Crippen LogP contribution in [0.25, 0.3) is 6.08 Å². The lowest BCUT2D eigenvalue weighted by atomic mass is 10.1. The van der Waals surface area contributed by atoms with Gasteiger partial charge in [-0.05, 0) is 48.0 Å². The highest BCUT2D eigenvalue weighted by Crippen LogP contribution is 2.18. The van der Waals surface area contributed by atoms with Crippen molar-refractivity contribution in [1.82, 2.24) is 4.98 Å². The zero-order valence-electron chi connectivity index (χ0n) is 16.1. The van der Waals surface area contributed by atoms with E-state index in [9.17, 15) is 9.59 Å². The third-order valence-corrected chi connectivity index (χ3v) is 4.62. The molecular weight excluding hydrogens is 378 g/mol. The van der Waals surface area contributed by atoms with E-state index in [-0.39, 0.29) is 11.7 Å². The average molecular weight is 397 g/mol. The Hall–Kier alpha value is -4.06. The second-order valence-electron chi connectivity index (χ2n) is 6.75. The molecule has 1 aliphatic rings. The minimum absolute atomic E-state index is 0.106. The molecule has 0 fully saturated rings. The SMILES string of the molecule is O=C(/C=C/c1ccccc1)c1ccc(NC(=O)C2CC(c3cccnc3)=NO2)cc1. The number of nitrogens with zero attached hydrogens (tertiary/aromatic N) is 2. The van der Waals surface area contributed by atoms with Crippen molar-refractivity contribution in [3.05, 3.63) is 102 Å². The number of carbonyl (C=O) groups excluding carboxylic acids is 2. The van der Waals surface area contributed by atoms with Crippen LogP contribution in [-0.4, -0.2) is 28.5 Å². The van der Waals surface area contributed by atoms with E-state index < -0.39 is 6.10 Å². The number of amides is 1. The number of hydrogen-bond acceptors (Lipinski definition) is 5. The van der Waals surface area contributed by atoms with E-state index in [1.807, 2.05) is 42.5 Å². The van der Waals surface area contributed by atoms with Crippen LogP contribution in [-0.2, 0) is 9.63 Å². The Labute approximate surface area is 173 Å². The maximum absolute atomic E-state index is 12.5. The minimum Gasteiger partial charge on any atom is -0.382 e. The quantitative estimate of drug-likeness (QED) is 0.501. The van der Waals surface area contributed by atoms with Crippen LogP contribution >= 0.6 is 0 Å². The Morgan fingerprint density at radius 1 is 1.00 bits per heavy atom. The number of rotatable bonds is 6. The number of allylic oxidation sites excluding steroid dienone is 1.